The summed E-state index contributed by atoms with van der Waals surface area (Å²) in [5.41, 5.74) is 2.44. The number of phenolic OH excluding ortho intramolecular Hbond substituents is 2. The molecule has 0 unspecified atom stereocenters. The van der Waals surface area contributed by atoms with Crippen molar-refractivity contribution in [2.75, 3.05) is 0 Å². The van der Waals surface area contributed by atoms with Gasteiger partial charge in [-0.1, -0.05) is 35.9 Å². The molecule has 1 aliphatic heterocycles. The highest BCUT2D eigenvalue weighted by Crippen LogP contribution is 2.47. The van der Waals surface area contributed by atoms with Gasteiger partial charge in [0, 0.05) is 23.1 Å². The molecule has 0 spiro atoms. The summed E-state index contributed by atoms with van der Waals surface area (Å²) in [5.74, 6) is -0.686. The fourth-order valence-corrected chi connectivity index (χ4v) is 4.55. The van der Waals surface area contributed by atoms with Gasteiger partial charge in [-0.2, -0.15) is 0 Å². The van der Waals surface area contributed by atoms with Gasteiger partial charge in [-0.25, -0.2) is 0 Å². The molecule has 0 saturated heterocycles. The van der Waals surface area contributed by atoms with E-state index in [1.807, 2.05) is 33.8 Å². The van der Waals surface area contributed by atoms with Gasteiger partial charge in [-0.3, -0.25) is 4.79 Å². The van der Waals surface area contributed by atoms with E-state index < -0.39 is 22.9 Å². The van der Waals surface area contributed by atoms with Gasteiger partial charge < -0.3 is 29.6 Å². The van der Waals surface area contributed by atoms with Crippen molar-refractivity contribution in [1.82, 2.24) is 0 Å². The van der Waals surface area contributed by atoms with Crippen LogP contribution in [0.4, 0.5) is 0 Å². The summed E-state index contributed by atoms with van der Waals surface area (Å²) in [4.78, 5) is 13.4. The predicted octanol–water partition coefficient (Wildman–Crippen LogP) is 5.67. The molecule has 0 bridgehead atoms. The summed E-state index contributed by atoms with van der Waals surface area (Å²) < 4.78 is 12.4. The second kappa shape index (κ2) is 9.63. The number of allylic oxidation sites excluding steroid dienone is 2. The Balaban J connectivity index is 1.94. The first kappa shape index (κ1) is 26.4. The van der Waals surface area contributed by atoms with Crippen LogP contribution >= 0.6 is 0 Å². The van der Waals surface area contributed by atoms with Gasteiger partial charge in [0.2, 0.25) is 11.2 Å². The van der Waals surface area contributed by atoms with Gasteiger partial charge in [0.25, 0.3) is 0 Å². The van der Waals surface area contributed by atoms with Gasteiger partial charge in [-0.15, -0.1) is 0 Å². The Labute approximate surface area is 216 Å². The summed E-state index contributed by atoms with van der Waals surface area (Å²) in [6.07, 6.45) is 2.87. The smallest absolute Gasteiger partial charge is 0.238 e. The molecule has 0 aliphatic carbocycles. The largest absolute Gasteiger partial charge is 0.508 e. The number of ether oxygens (including phenoxy) is 1. The molecule has 37 heavy (non-hydrogen) atoms. The summed E-state index contributed by atoms with van der Waals surface area (Å²) in [6.45, 7) is 13.3. The Morgan fingerprint density at radius 3 is 2.49 bits per heavy atom. The number of rotatable bonds is 6. The van der Waals surface area contributed by atoms with E-state index in [0.29, 0.717) is 47.3 Å². The van der Waals surface area contributed by atoms with E-state index in [1.54, 1.807) is 19.1 Å². The minimum Gasteiger partial charge on any atom is -0.508 e. The van der Waals surface area contributed by atoms with Gasteiger partial charge in [0.15, 0.2) is 5.76 Å². The van der Waals surface area contributed by atoms with E-state index in [9.17, 15) is 25.2 Å². The molecule has 4 N–H and O–H groups in total. The number of aryl methyl sites for hydroxylation is 1. The zero-order valence-electron chi connectivity index (χ0n) is 21.9. The molecular weight excluding hydrogens is 472 g/mol. The second-order valence-electron chi connectivity index (χ2n) is 10.7. The quantitative estimate of drug-likeness (QED) is 0.318. The first-order valence-corrected chi connectivity index (χ1v) is 12.3. The van der Waals surface area contributed by atoms with Crippen LogP contribution in [0.25, 0.3) is 22.3 Å². The number of hydrogen-bond acceptors (Lipinski definition) is 7. The third-order valence-corrected chi connectivity index (χ3v) is 6.83. The number of phenols is 2. The topological polar surface area (TPSA) is 120 Å². The average molecular weight is 507 g/mol. The van der Waals surface area contributed by atoms with Crippen LogP contribution in [0, 0.1) is 0 Å². The minimum absolute atomic E-state index is 0.0918. The van der Waals surface area contributed by atoms with Crippen molar-refractivity contribution < 1.29 is 29.6 Å². The normalized spacial score (nSPS) is 15.1. The first-order valence-electron chi connectivity index (χ1n) is 12.3. The SMILES string of the molecule is C=C(C)[C@@H](O)Cc1ccc(-c2oc3c4c(c(CC=C(C)C)c(O)c3c(=O)c2O)OC(C)(C)CC4)cc1O. The van der Waals surface area contributed by atoms with Crippen molar-refractivity contribution in [2.45, 2.75) is 72.0 Å². The Morgan fingerprint density at radius 2 is 1.86 bits per heavy atom. The number of aliphatic hydroxyl groups excluding tert-OH is 1. The number of benzene rings is 2. The molecule has 1 aliphatic rings. The van der Waals surface area contributed by atoms with Crippen molar-refractivity contribution in [2.24, 2.45) is 0 Å². The van der Waals surface area contributed by atoms with Gasteiger partial charge in [0.1, 0.15) is 33.8 Å². The predicted molar refractivity (Wildman–Crippen MR) is 144 cm³/mol. The molecule has 3 aromatic rings. The Bertz CT molecular complexity index is 1490. The van der Waals surface area contributed by atoms with Gasteiger partial charge >= 0.3 is 0 Å². The van der Waals surface area contributed by atoms with Crippen molar-refractivity contribution in [1.29, 1.82) is 0 Å². The molecule has 0 saturated carbocycles. The van der Waals surface area contributed by atoms with Crippen LogP contribution in [0.5, 0.6) is 23.0 Å². The van der Waals surface area contributed by atoms with Crippen LogP contribution in [-0.4, -0.2) is 32.1 Å². The van der Waals surface area contributed by atoms with Crippen LogP contribution in [0.1, 0.15) is 57.7 Å². The highest BCUT2D eigenvalue weighted by atomic mass is 16.5. The van der Waals surface area contributed by atoms with Crippen LogP contribution in [0.2, 0.25) is 0 Å². The van der Waals surface area contributed by atoms with Gasteiger partial charge in [-0.05, 0) is 65.5 Å². The van der Waals surface area contributed by atoms with Crippen molar-refractivity contribution in [3.8, 4) is 34.3 Å². The van der Waals surface area contributed by atoms with E-state index in [1.165, 1.54) is 6.07 Å². The highest BCUT2D eigenvalue weighted by molar-refractivity contribution is 5.93. The van der Waals surface area contributed by atoms with E-state index in [-0.39, 0.29) is 40.2 Å². The summed E-state index contributed by atoms with van der Waals surface area (Å²) >= 11 is 0. The van der Waals surface area contributed by atoms with E-state index in [0.717, 1.165) is 5.57 Å². The number of hydrogen-bond donors (Lipinski definition) is 4. The third-order valence-electron chi connectivity index (χ3n) is 6.83. The Morgan fingerprint density at radius 1 is 1.16 bits per heavy atom. The molecule has 0 fully saturated rings. The molecule has 0 radical (unpaired) electrons. The standard InChI is InChI=1S/C30H34O7/c1-15(2)7-10-19-24(33)23-25(34)26(35)27(36-29(23)20-11-12-30(5,6)37-28(19)20)18-9-8-17(22(32)14-18)13-21(31)16(3)4/h7-9,14,21,31-33,35H,3,10-13H2,1-2,4-6H3/t21-/m0/s1. The van der Waals surface area contributed by atoms with Crippen LogP contribution in [0.3, 0.4) is 0 Å². The average Bonchev–Trinajstić information content (AvgIpc) is 2.81. The van der Waals surface area contributed by atoms with E-state index >= 15 is 0 Å². The minimum atomic E-state index is -0.817. The molecular formula is C30H34O7. The molecule has 4 rings (SSSR count). The zero-order chi connectivity index (χ0) is 27.2. The summed E-state index contributed by atoms with van der Waals surface area (Å²) in [6, 6.07) is 4.57. The van der Waals surface area contributed by atoms with Crippen LogP contribution in [0.15, 0.2) is 51.2 Å². The molecule has 2 heterocycles. The molecule has 7 nitrogen and oxygen atoms in total. The lowest BCUT2D eigenvalue weighted by Crippen LogP contribution is -2.33. The van der Waals surface area contributed by atoms with Crippen molar-refractivity contribution in [3.05, 3.63) is 68.9 Å². The number of fused-ring (bicyclic) bond motifs is 3. The first-order chi connectivity index (χ1) is 17.3. The molecule has 0 amide bonds. The molecule has 7 heteroatoms. The van der Waals surface area contributed by atoms with Crippen molar-refractivity contribution in [3.63, 3.8) is 0 Å². The maximum Gasteiger partial charge on any atom is 0.238 e. The summed E-state index contributed by atoms with van der Waals surface area (Å²) in [5, 5.41) is 42.7. The monoisotopic (exact) mass is 506 g/mol. The molecule has 1 aromatic heterocycles. The van der Waals surface area contributed by atoms with E-state index in [2.05, 4.69) is 6.58 Å². The highest BCUT2D eigenvalue weighted by Gasteiger charge is 2.34. The van der Waals surface area contributed by atoms with Gasteiger partial charge in [0.05, 0.1) is 6.10 Å². The van der Waals surface area contributed by atoms with E-state index in [4.69, 9.17) is 9.15 Å². The lowest BCUT2D eigenvalue weighted by Gasteiger charge is -2.34. The Kier molecular flexibility index (Phi) is 6.86. The maximum absolute atomic E-state index is 13.4. The molecule has 1 atom stereocenters. The maximum atomic E-state index is 13.4. The third kappa shape index (κ3) is 4.96. The zero-order valence-corrected chi connectivity index (χ0v) is 21.9. The summed E-state index contributed by atoms with van der Waals surface area (Å²) in [7, 11) is 0. The number of aliphatic hydroxyl groups is 1. The lowest BCUT2D eigenvalue weighted by atomic mass is 9.89. The van der Waals surface area contributed by atoms with Crippen molar-refractivity contribution >= 4 is 11.0 Å². The molecule has 2 aromatic carbocycles. The van der Waals surface area contributed by atoms with Crippen LogP contribution < -0.4 is 10.2 Å². The van der Waals surface area contributed by atoms with Crippen LogP contribution in [-0.2, 0) is 19.3 Å². The number of aromatic hydroxyl groups is 3. The molecule has 196 valence electrons. The second-order valence-corrected chi connectivity index (χ2v) is 10.7. The lowest BCUT2D eigenvalue weighted by molar-refractivity contribution is 0.0833. The Hall–Kier alpha value is -3.71. The fourth-order valence-electron chi connectivity index (χ4n) is 4.55. The fraction of sp³-hybridized carbons (Fsp3) is 0.367.